The van der Waals surface area contributed by atoms with E-state index >= 15 is 0 Å². The van der Waals surface area contributed by atoms with Gasteiger partial charge in [0.1, 0.15) is 0 Å². The first-order chi connectivity index (χ1) is 12.1. The van der Waals surface area contributed by atoms with Crippen molar-refractivity contribution in [3.05, 3.63) is 65.2 Å². The average Bonchev–Trinajstić information content (AvgIpc) is 3.15. The van der Waals surface area contributed by atoms with Gasteiger partial charge in [0.2, 0.25) is 0 Å². The van der Waals surface area contributed by atoms with Crippen molar-refractivity contribution in [3.63, 3.8) is 0 Å². The average molecular weight is 338 g/mol. The molecule has 1 fully saturated rings. The highest BCUT2D eigenvalue weighted by Gasteiger charge is 2.17. The lowest BCUT2D eigenvalue weighted by Gasteiger charge is -2.11. The van der Waals surface area contributed by atoms with Crippen molar-refractivity contribution in [2.75, 3.05) is 18.5 Å². The molecule has 0 bridgehead atoms. The zero-order chi connectivity index (χ0) is 17.6. The van der Waals surface area contributed by atoms with Gasteiger partial charge in [0, 0.05) is 30.0 Å². The van der Waals surface area contributed by atoms with Crippen LogP contribution in [0.4, 0.5) is 5.69 Å². The topological polar surface area (TPSA) is 67.4 Å². The molecule has 5 heteroatoms. The Kier molecular flexibility index (Phi) is 5.46. The van der Waals surface area contributed by atoms with Gasteiger partial charge in [-0.15, -0.1) is 0 Å². The van der Waals surface area contributed by atoms with E-state index in [9.17, 15) is 9.59 Å². The number of benzene rings is 2. The molecule has 0 spiro atoms. The number of hydrogen-bond acceptors (Lipinski definition) is 3. The Labute approximate surface area is 147 Å². The van der Waals surface area contributed by atoms with E-state index in [1.165, 1.54) is 0 Å². The third-order valence-corrected chi connectivity index (χ3v) is 4.21. The van der Waals surface area contributed by atoms with Crippen LogP contribution in [0.2, 0.25) is 0 Å². The van der Waals surface area contributed by atoms with Crippen LogP contribution in [0.5, 0.6) is 0 Å². The minimum absolute atomic E-state index is 0.0944. The van der Waals surface area contributed by atoms with E-state index in [4.69, 9.17) is 4.74 Å². The number of ether oxygens (including phenoxy) is 1. The number of anilines is 1. The van der Waals surface area contributed by atoms with E-state index < -0.39 is 0 Å². The smallest absolute Gasteiger partial charge is 0.255 e. The molecule has 2 amide bonds. The lowest BCUT2D eigenvalue weighted by Crippen LogP contribution is -2.31. The normalized spacial score (nSPS) is 16.4. The van der Waals surface area contributed by atoms with Crippen LogP contribution in [0.15, 0.2) is 48.5 Å². The van der Waals surface area contributed by atoms with E-state index in [2.05, 4.69) is 10.6 Å². The molecule has 1 unspecified atom stereocenters. The highest BCUT2D eigenvalue weighted by Crippen LogP contribution is 2.13. The Morgan fingerprint density at radius 2 is 1.80 bits per heavy atom. The van der Waals surface area contributed by atoms with Gasteiger partial charge in [-0.05, 0) is 50.1 Å². The van der Waals surface area contributed by atoms with Crippen LogP contribution in [0.25, 0.3) is 0 Å². The third-order valence-electron chi connectivity index (χ3n) is 4.21. The number of carbonyl (C=O) groups is 2. The molecular weight excluding hydrogens is 316 g/mol. The zero-order valence-corrected chi connectivity index (χ0v) is 14.2. The first-order valence-corrected chi connectivity index (χ1v) is 8.50. The number of rotatable bonds is 5. The Bertz CT molecular complexity index is 750. The Hall–Kier alpha value is -2.66. The quantitative estimate of drug-likeness (QED) is 0.880. The molecule has 5 nitrogen and oxygen atoms in total. The molecule has 0 aliphatic carbocycles. The van der Waals surface area contributed by atoms with Crippen molar-refractivity contribution >= 4 is 17.5 Å². The van der Waals surface area contributed by atoms with Crippen molar-refractivity contribution in [2.24, 2.45) is 0 Å². The second-order valence-electron chi connectivity index (χ2n) is 6.25. The van der Waals surface area contributed by atoms with Crippen LogP contribution in [-0.2, 0) is 4.74 Å². The molecule has 3 rings (SSSR count). The molecule has 0 aromatic heterocycles. The van der Waals surface area contributed by atoms with Gasteiger partial charge in [-0.25, -0.2) is 0 Å². The van der Waals surface area contributed by atoms with Crippen molar-refractivity contribution in [1.82, 2.24) is 5.32 Å². The molecule has 25 heavy (non-hydrogen) atoms. The van der Waals surface area contributed by atoms with Gasteiger partial charge in [-0.1, -0.05) is 23.8 Å². The van der Waals surface area contributed by atoms with E-state index in [1.54, 1.807) is 24.3 Å². The Morgan fingerprint density at radius 3 is 2.48 bits per heavy atom. The predicted octanol–water partition coefficient (Wildman–Crippen LogP) is 3.16. The van der Waals surface area contributed by atoms with Gasteiger partial charge in [0.25, 0.3) is 11.8 Å². The van der Waals surface area contributed by atoms with Crippen LogP contribution >= 0.6 is 0 Å². The molecule has 130 valence electrons. The lowest BCUT2D eigenvalue weighted by molar-refractivity contribution is 0.0858. The second kappa shape index (κ2) is 7.94. The summed E-state index contributed by atoms with van der Waals surface area (Å²) in [5.41, 5.74) is 2.77. The summed E-state index contributed by atoms with van der Waals surface area (Å²) in [5, 5.41) is 5.70. The SMILES string of the molecule is Cc1ccc(NC(=O)c2cccc(C(=O)NCC3CCCO3)c2)cc1. The summed E-state index contributed by atoms with van der Waals surface area (Å²) < 4.78 is 5.50. The van der Waals surface area contributed by atoms with Gasteiger partial charge in [-0.2, -0.15) is 0 Å². The van der Waals surface area contributed by atoms with Gasteiger partial charge in [-0.3, -0.25) is 9.59 Å². The van der Waals surface area contributed by atoms with Crippen LogP contribution in [-0.4, -0.2) is 31.1 Å². The summed E-state index contributed by atoms with van der Waals surface area (Å²) in [4.78, 5) is 24.7. The van der Waals surface area contributed by atoms with Gasteiger partial charge >= 0.3 is 0 Å². The fourth-order valence-corrected chi connectivity index (χ4v) is 2.76. The van der Waals surface area contributed by atoms with E-state index in [1.807, 2.05) is 31.2 Å². The third kappa shape index (κ3) is 4.67. The number of amides is 2. The van der Waals surface area contributed by atoms with Crippen molar-refractivity contribution in [2.45, 2.75) is 25.9 Å². The van der Waals surface area contributed by atoms with Crippen LogP contribution in [0.1, 0.15) is 39.1 Å². The van der Waals surface area contributed by atoms with Crippen LogP contribution in [0.3, 0.4) is 0 Å². The van der Waals surface area contributed by atoms with Gasteiger partial charge in [0.15, 0.2) is 0 Å². The standard InChI is InChI=1S/C20H22N2O3/c1-14-7-9-17(10-8-14)22-20(24)16-5-2-4-15(12-16)19(23)21-13-18-6-3-11-25-18/h2,4-5,7-10,12,18H,3,6,11,13H2,1H3,(H,21,23)(H,22,24). The molecule has 1 atom stereocenters. The lowest BCUT2D eigenvalue weighted by atomic mass is 10.1. The van der Waals surface area contributed by atoms with Crippen molar-refractivity contribution in [3.8, 4) is 0 Å². The molecule has 0 radical (unpaired) electrons. The molecule has 1 heterocycles. The first kappa shape index (κ1) is 17.2. The largest absolute Gasteiger partial charge is 0.376 e. The van der Waals surface area contributed by atoms with Crippen LogP contribution in [0, 0.1) is 6.92 Å². The minimum atomic E-state index is -0.238. The molecular formula is C20H22N2O3. The molecule has 2 aromatic rings. The number of hydrogen-bond donors (Lipinski definition) is 2. The van der Waals surface area contributed by atoms with E-state index in [0.29, 0.717) is 17.7 Å². The fourth-order valence-electron chi connectivity index (χ4n) is 2.76. The zero-order valence-electron chi connectivity index (χ0n) is 14.2. The highest BCUT2D eigenvalue weighted by molar-refractivity contribution is 6.06. The molecule has 2 N–H and O–H groups in total. The van der Waals surface area contributed by atoms with E-state index in [-0.39, 0.29) is 17.9 Å². The summed E-state index contributed by atoms with van der Waals surface area (Å²) in [6, 6.07) is 14.3. The van der Waals surface area contributed by atoms with Gasteiger partial charge in [0.05, 0.1) is 6.10 Å². The monoisotopic (exact) mass is 338 g/mol. The summed E-state index contributed by atoms with van der Waals surface area (Å²) in [7, 11) is 0. The highest BCUT2D eigenvalue weighted by atomic mass is 16.5. The molecule has 0 saturated carbocycles. The summed E-state index contributed by atoms with van der Waals surface area (Å²) >= 11 is 0. The number of nitrogens with one attached hydrogen (secondary N) is 2. The first-order valence-electron chi connectivity index (χ1n) is 8.50. The molecule has 1 aliphatic rings. The maximum atomic E-state index is 12.4. The maximum Gasteiger partial charge on any atom is 0.255 e. The van der Waals surface area contributed by atoms with Crippen molar-refractivity contribution < 1.29 is 14.3 Å². The molecule has 2 aromatic carbocycles. The van der Waals surface area contributed by atoms with E-state index in [0.717, 1.165) is 30.7 Å². The minimum Gasteiger partial charge on any atom is -0.376 e. The fraction of sp³-hybridized carbons (Fsp3) is 0.300. The van der Waals surface area contributed by atoms with Gasteiger partial charge < -0.3 is 15.4 Å². The van der Waals surface area contributed by atoms with Crippen LogP contribution < -0.4 is 10.6 Å². The maximum absolute atomic E-state index is 12.4. The summed E-state index contributed by atoms with van der Waals surface area (Å²) in [6.07, 6.45) is 2.10. The summed E-state index contributed by atoms with van der Waals surface area (Å²) in [5.74, 6) is -0.432. The second-order valence-corrected chi connectivity index (χ2v) is 6.25. The summed E-state index contributed by atoms with van der Waals surface area (Å²) in [6.45, 7) is 3.25. The molecule has 1 saturated heterocycles. The number of carbonyl (C=O) groups excluding carboxylic acids is 2. The predicted molar refractivity (Wildman–Crippen MR) is 96.9 cm³/mol. The van der Waals surface area contributed by atoms with Crippen molar-refractivity contribution in [1.29, 1.82) is 0 Å². The Balaban J connectivity index is 1.62. The molecule has 1 aliphatic heterocycles. The Morgan fingerprint density at radius 1 is 1.08 bits per heavy atom. The number of aryl methyl sites for hydroxylation is 1.